The molecule has 116 valence electrons. The van der Waals surface area contributed by atoms with Crippen molar-refractivity contribution >= 4 is 11.7 Å². The first kappa shape index (κ1) is 15.7. The van der Waals surface area contributed by atoms with Gasteiger partial charge in [-0.3, -0.25) is 4.79 Å². The van der Waals surface area contributed by atoms with Crippen LogP contribution in [0.5, 0.6) is 0 Å². The highest BCUT2D eigenvalue weighted by molar-refractivity contribution is 5.92. The molecule has 0 aromatic carbocycles. The molecule has 0 spiro atoms. The van der Waals surface area contributed by atoms with Gasteiger partial charge >= 0.3 is 0 Å². The fourth-order valence-electron chi connectivity index (χ4n) is 2.88. The Kier molecular flexibility index (Phi) is 5.50. The van der Waals surface area contributed by atoms with E-state index in [1.165, 1.54) is 6.42 Å². The number of carbonyl (C=O) groups excluding carboxylic acids is 1. The van der Waals surface area contributed by atoms with E-state index < -0.39 is 0 Å². The van der Waals surface area contributed by atoms with E-state index in [-0.39, 0.29) is 5.91 Å². The minimum atomic E-state index is -0.184. The van der Waals surface area contributed by atoms with Gasteiger partial charge < -0.3 is 16.0 Å². The lowest BCUT2D eigenvalue weighted by molar-refractivity contribution is 0.0950. The number of hydrogen-bond donors (Lipinski definition) is 2. The first-order valence-corrected chi connectivity index (χ1v) is 7.78. The molecule has 1 fully saturated rings. The van der Waals surface area contributed by atoms with Crippen LogP contribution in [0.3, 0.4) is 0 Å². The maximum Gasteiger partial charge on any atom is 0.271 e. The second-order valence-corrected chi connectivity index (χ2v) is 5.52. The van der Waals surface area contributed by atoms with Gasteiger partial charge in [0.15, 0.2) is 11.5 Å². The molecule has 0 saturated carbocycles. The number of nitrogens with zero attached hydrogens (tertiary/aromatic N) is 3. The van der Waals surface area contributed by atoms with Crippen LogP contribution in [0.25, 0.3) is 0 Å². The first-order chi connectivity index (χ1) is 10.2. The van der Waals surface area contributed by atoms with Gasteiger partial charge in [0.05, 0.1) is 0 Å². The Morgan fingerprint density at radius 2 is 2.24 bits per heavy atom. The predicted molar refractivity (Wildman–Crippen MR) is 83.2 cm³/mol. The van der Waals surface area contributed by atoms with E-state index in [0.717, 1.165) is 31.1 Å². The van der Waals surface area contributed by atoms with E-state index in [1.54, 1.807) is 6.07 Å². The summed E-state index contributed by atoms with van der Waals surface area (Å²) in [5.41, 5.74) is 6.27. The van der Waals surface area contributed by atoms with Crippen LogP contribution in [-0.2, 0) is 0 Å². The number of nitrogens with two attached hydrogens (primary N) is 1. The summed E-state index contributed by atoms with van der Waals surface area (Å²) in [6.45, 7) is 6.27. The van der Waals surface area contributed by atoms with Crippen molar-refractivity contribution in [3.05, 3.63) is 17.8 Å². The third-order valence-corrected chi connectivity index (χ3v) is 4.19. The Bertz CT molecular complexity index is 462. The molecule has 1 aromatic rings. The maximum absolute atomic E-state index is 11.7. The lowest BCUT2D eigenvalue weighted by Crippen LogP contribution is -2.47. The van der Waals surface area contributed by atoms with E-state index in [1.807, 2.05) is 13.0 Å². The molecule has 6 nitrogen and oxygen atoms in total. The van der Waals surface area contributed by atoms with Crippen molar-refractivity contribution < 1.29 is 4.79 Å². The number of anilines is 1. The highest BCUT2D eigenvalue weighted by Crippen LogP contribution is 2.27. The molecular weight excluding hydrogens is 266 g/mol. The fraction of sp³-hybridized carbons (Fsp3) is 0.667. The number of piperidine rings is 1. The summed E-state index contributed by atoms with van der Waals surface area (Å²) in [6.07, 6.45) is 3.46. The van der Waals surface area contributed by atoms with Crippen LogP contribution in [0.1, 0.15) is 43.6 Å². The van der Waals surface area contributed by atoms with E-state index in [0.29, 0.717) is 24.8 Å². The molecule has 1 saturated heterocycles. The number of aromatic nitrogens is 2. The van der Waals surface area contributed by atoms with Crippen LogP contribution in [0.4, 0.5) is 5.82 Å². The number of amides is 1. The maximum atomic E-state index is 11.7. The van der Waals surface area contributed by atoms with Crippen LogP contribution in [0, 0.1) is 5.92 Å². The fourth-order valence-corrected chi connectivity index (χ4v) is 2.88. The molecule has 2 heterocycles. The summed E-state index contributed by atoms with van der Waals surface area (Å²) in [5, 5.41) is 11.0. The summed E-state index contributed by atoms with van der Waals surface area (Å²) < 4.78 is 0. The first-order valence-electron chi connectivity index (χ1n) is 7.78. The lowest BCUT2D eigenvalue weighted by Gasteiger charge is -2.39. The Balaban J connectivity index is 2.09. The second-order valence-electron chi connectivity index (χ2n) is 5.52. The van der Waals surface area contributed by atoms with Crippen LogP contribution in [0.2, 0.25) is 0 Å². The molecule has 2 rings (SSSR count). The Morgan fingerprint density at radius 3 is 2.81 bits per heavy atom. The largest absolute Gasteiger partial charge is 0.351 e. The molecule has 1 aliphatic heterocycles. The minimum Gasteiger partial charge on any atom is -0.351 e. The molecule has 3 N–H and O–H groups in total. The summed E-state index contributed by atoms with van der Waals surface area (Å²) >= 11 is 0. The molecule has 2 unspecified atom stereocenters. The van der Waals surface area contributed by atoms with E-state index >= 15 is 0 Å². The summed E-state index contributed by atoms with van der Waals surface area (Å²) in [5.74, 6) is 1.38. The molecule has 6 heteroatoms. The van der Waals surface area contributed by atoms with Gasteiger partial charge in [0, 0.05) is 25.7 Å². The summed E-state index contributed by atoms with van der Waals surface area (Å²) in [7, 11) is 0. The van der Waals surface area contributed by atoms with Crippen LogP contribution < -0.4 is 16.0 Å². The zero-order valence-corrected chi connectivity index (χ0v) is 12.9. The average Bonchev–Trinajstić information content (AvgIpc) is 2.54. The summed E-state index contributed by atoms with van der Waals surface area (Å²) in [4.78, 5) is 13.9. The highest BCUT2D eigenvalue weighted by Gasteiger charge is 2.27. The van der Waals surface area contributed by atoms with Gasteiger partial charge in [-0.15, -0.1) is 10.2 Å². The van der Waals surface area contributed by atoms with Crippen molar-refractivity contribution in [1.82, 2.24) is 15.5 Å². The standard InChI is InChI=1S/C15H25N5O/c1-3-11-7-8-20(12(9-11)10-16)14-6-5-13(18-19-14)15(21)17-4-2/h5-6,11-12H,3-4,7-10,16H2,1-2H3,(H,17,21). The van der Waals surface area contributed by atoms with Gasteiger partial charge in [0.1, 0.15) is 0 Å². The SMILES string of the molecule is CCNC(=O)c1ccc(N2CCC(CC)CC2CN)nn1. The third kappa shape index (κ3) is 3.69. The molecule has 0 radical (unpaired) electrons. The molecular formula is C15H25N5O. The van der Waals surface area contributed by atoms with Crippen molar-refractivity contribution in [2.24, 2.45) is 11.7 Å². The van der Waals surface area contributed by atoms with Gasteiger partial charge in [-0.1, -0.05) is 13.3 Å². The lowest BCUT2D eigenvalue weighted by atomic mass is 9.89. The van der Waals surface area contributed by atoms with Gasteiger partial charge in [-0.2, -0.15) is 0 Å². The Hall–Kier alpha value is -1.69. The van der Waals surface area contributed by atoms with Crippen molar-refractivity contribution in [2.45, 2.75) is 39.2 Å². The van der Waals surface area contributed by atoms with Gasteiger partial charge in [0.25, 0.3) is 5.91 Å². The van der Waals surface area contributed by atoms with Crippen molar-refractivity contribution in [2.75, 3.05) is 24.5 Å². The van der Waals surface area contributed by atoms with Gasteiger partial charge in [0.2, 0.25) is 0 Å². The van der Waals surface area contributed by atoms with Crippen LogP contribution in [-0.4, -0.2) is 41.8 Å². The Morgan fingerprint density at radius 1 is 1.43 bits per heavy atom. The van der Waals surface area contributed by atoms with Crippen molar-refractivity contribution in [1.29, 1.82) is 0 Å². The molecule has 0 aliphatic carbocycles. The minimum absolute atomic E-state index is 0.184. The normalized spacial score (nSPS) is 22.1. The average molecular weight is 291 g/mol. The van der Waals surface area contributed by atoms with Crippen LogP contribution >= 0.6 is 0 Å². The smallest absolute Gasteiger partial charge is 0.271 e. The molecule has 1 aliphatic rings. The molecule has 2 atom stereocenters. The van der Waals surface area contributed by atoms with Crippen molar-refractivity contribution in [3.63, 3.8) is 0 Å². The van der Waals surface area contributed by atoms with E-state index in [2.05, 4.69) is 27.3 Å². The zero-order chi connectivity index (χ0) is 15.2. The highest BCUT2D eigenvalue weighted by atomic mass is 16.1. The number of hydrogen-bond acceptors (Lipinski definition) is 5. The molecule has 1 amide bonds. The van der Waals surface area contributed by atoms with Gasteiger partial charge in [-0.25, -0.2) is 0 Å². The monoisotopic (exact) mass is 291 g/mol. The molecule has 21 heavy (non-hydrogen) atoms. The second kappa shape index (κ2) is 7.36. The van der Waals surface area contributed by atoms with E-state index in [4.69, 9.17) is 5.73 Å². The van der Waals surface area contributed by atoms with Crippen molar-refractivity contribution in [3.8, 4) is 0 Å². The Labute approximate surface area is 126 Å². The number of carbonyl (C=O) groups is 1. The molecule has 1 aromatic heterocycles. The quantitative estimate of drug-likeness (QED) is 0.851. The number of rotatable bonds is 5. The van der Waals surface area contributed by atoms with Gasteiger partial charge in [-0.05, 0) is 37.8 Å². The summed E-state index contributed by atoms with van der Waals surface area (Å²) in [6, 6.07) is 3.91. The van der Waals surface area contributed by atoms with Crippen LogP contribution in [0.15, 0.2) is 12.1 Å². The topological polar surface area (TPSA) is 84.1 Å². The predicted octanol–water partition coefficient (Wildman–Crippen LogP) is 1.18. The number of nitrogens with one attached hydrogen (secondary N) is 1. The third-order valence-electron chi connectivity index (χ3n) is 4.19. The molecule has 0 bridgehead atoms. The van der Waals surface area contributed by atoms with E-state index in [9.17, 15) is 4.79 Å². The zero-order valence-electron chi connectivity index (χ0n) is 12.9.